The predicted octanol–water partition coefficient (Wildman–Crippen LogP) is 3.68. The average Bonchev–Trinajstić information content (AvgIpc) is 2.60. The monoisotopic (exact) mass is 368 g/mol. The Balaban J connectivity index is 1.71. The van der Waals surface area contributed by atoms with Crippen molar-refractivity contribution in [2.75, 3.05) is 18.5 Å². The number of carbonyl (C=O) groups is 2. The third kappa shape index (κ3) is 7.13. The van der Waals surface area contributed by atoms with E-state index in [0.717, 1.165) is 17.0 Å². The molecule has 5 nitrogen and oxygen atoms in total. The molecule has 2 amide bonds. The van der Waals surface area contributed by atoms with Crippen molar-refractivity contribution < 1.29 is 14.3 Å². The molecular formula is C22H28N2O3. The summed E-state index contributed by atoms with van der Waals surface area (Å²) >= 11 is 0. The van der Waals surface area contributed by atoms with Crippen molar-refractivity contribution >= 4 is 17.5 Å². The quantitative estimate of drug-likeness (QED) is 0.733. The molecule has 0 fully saturated rings. The van der Waals surface area contributed by atoms with E-state index >= 15 is 0 Å². The Hall–Kier alpha value is -2.82. The van der Waals surface area contributed by atoms with Crippen molar-refractivity contribution in [1.29, 1.82) is 0 Å². The lowest BCUT2D eigenvalue weighted by molar-refractivity contribution is -0.120. The average molecular weight is 368 g/mol. The lowest BCUT2D eigenvalue weighted by atomic mass is 9.87. The van der Waals surface area contributed by atoms with Crippen LogP contribution in [0, 0.1) is 0 Å². The van der Waals surface area contributed by atoms with E-state index < -0.39 is 0 Å². The molecule has 0 aliphatic heterocycles. The molecule has 144 valence electrons. The number of hydrogen-bond donors (Lipinski definition) is 2. The lowest BCUT2D eigenvalue weighted by Gasteiger charge is -2.19. The van der Waals surface area contributed by atoms with Crippen LogP contribution in [0.1, 0.15) is 38.8 Å². The SMILES string of the molecule is CC(=O)Nc1ccc(CC(=O)NCCOc2ccc(C(C)(C)C)cc2)cc1. The molecule has 2 N–H and O–H groups in total. The summed E-state index contributed by atoms with van der Waals surface area (Å²) in [5.41, 5.74) is 2.98. The second-order valence-electron chi connectivity index (χ2n) is 7.53. The first-order valence-electron chi connectivity index (χ1n) is 9.10. The number of hydrogen-bond acceptors (Lipinski definition) is 3. The number of carbonyl (C=O) groups excluding carboxylic acids is 2. The fraction of sp³-hybridized carbons (Fsp3) is 0.364. The molecule has 0 atom stereocenters. The normalized spacial score (nSPS) is 11.0. The first-order valence-corrected chi connectivity index (χ1v) is 9.10. The van der Waals surface area contributed by atoms with Crippen molar-refractivity contribution in [3.05, 3.63) is 59.7 Å². The maximum absolute atomic E-state index is 12.0. The Bertz CT molecular complexity index is 760. The Morgan fingerprint density at radius 3 is 2.15 bits per heavy atom. The Kier molecular flexibility index (Phi) is 6.99. The number of amides is 2. The van der Waals surface area contributed by atoms with Gasteiger partial charge in [0.2, 0.25) is 11.8 Å². The summed E-state index contributed by atoms with van der Waals surface area (Å²) in [4.78, 5) is 23.0. The summed E-state index contributed by atoms with van der Waals surface area (Å²) in [5.74, 6) is 0.619. The Morgan fingerprint density at radius 1 is 0.963 bits per heavy atom. The van der Waals surface area contributed by atoms with Crippen LogP contribution in [-0.4, -0.2) is 25.0 Å². The molecular weight excluding hydrogens is 340 g/mol. The molecule has 0 aromatic heterocycles. The van der Waals surface area contributed by atoms with Crippen LogP contribution in [0.25, 0.3) is 0 Å². The summed E-state index contributed by atoms with van der Waals surface area (Å²) in [6.45, 7) is 8.84. The molecule has 27 heavy (non-hydrogen) atoms. The first-order chi connectivity index (χ1) is 12.7. The minimum absolute atomic E-state index is 0.0612. The summed E-state index contributed by atoms with van der Waals surface area (Å²) in [6.07, 6.45) is 0.292. The molecule has 0 radical (unpaired) electrons. The minimum atomic E-state index is -0.117. The molecule has 0 bridgehead atoms. The van der Waals surface area contributed by atoms with Crippen LogP contribution in [0.4, 0.5) is 5.69 Å². The van der Waals surface area contributed by atoms with Gasteiger partial charge >= 0.3 is 0 Å². The maximum Gasteiger partial charge on any atom is 0.224 e. The highest BCUT2D eigenvalue weighted by atomic mass is 16.5. The van der Waals surface area contributed by atoms with Gasteiger partial charge in [0.15, 0.2) is 0 Å². The fourth-order valence-electron chi connectivity index (χ4n) is 2.57. The van der Waals surface area contributed by atoms with E-state index in [-0.39, 0.29) is 17.2 Å². The van der Waals surface area contributed by atoms with Gasteiger partial charge in [0.25, 0.3) is 0 Å². The van der Waals surface area contributed by atoms with Gasteiger partial charge in [-0.1, -0.05) is 45.0 Å². The van der Waals surface area contributed by atoms with Gasteiger partial charge < -0.3 is 15.4 Å². The topological polar surface area (TPSA) is 67.4 Å². The van der Waals surface area contributed by atoms with Crippen LogP contribution in [0.5, 0.6) is 5.75 Å². The van der Waals surface area contributed by atoms with Gasteiger partial charge in [0, 0.05) is 12.6 Å². The van der Waals surface area contributed by atoms with Crippen molar-refractivity contribution in [2.45, 2.75) is 39.5 Å². The fourth-order valence-corrected chi connectivity index (χ4v) is 2.57. The van der Waals surface area contributed by atoms with Gasteiger partial charge in [-0.3, -0.25) is 9.59 Å². The van der Waals surface area contributed by atoms with Crippen molar-refractivity contribution in [3.63, 3.8) is 0 Å². The molecule has 2 aromatic rings. The molecule has 0 aliphatic rings. The van der Waals surface area contributed by atoms with E-state index in [1.165, 1.54) is 12.5 Å². The maximum atomic E-state index is 12.0. The third-order valence-electron chi connectivity index (χ3n) is 4.05. The van der Waals surface area contributed by atoms with Gasteiger partial charge in [-0.15, -0.1) is 0 Å². The smallest absolute Gasteiger partial charge is 0.224 e. The molecule has 0 saturated heterocycles. The van der Waals surface area contributed by atoms with Crippen LogP contribution in [0.15, 0.2) is 48.5 Å². The van der Waals surface area contributed by atoms with Crippen LogP contribution >= 0.6 is 0 Å². The largest absolute Gasteiger partial charge is 0.492 e. The van der Waals surface area contributed by atoms with Crippen molar-refractivity contribution in [3.8, 4) is 5.75 Å². The summed E-state index contributed by atoms with van der Waals surface area (Å²) in [6, 6.07) is 15.3. The van der Waals surface area contributed by atoms with Crippen LogP contribution in [0.3, 0.4) is 0 Å². The summed E-state index contributed by atoms with van der Waals surface area (Å²) in [7, 11) is 0. The molecule has 0 unspecified atom stereocenters. The Morgan fingerprint density at radius 2 is 1.59 bits per heavy atom. The van der Waals surface area contributed by atoms with Gasteiger partial charge in [-0.25, -0.2) is 0 Å². The highest BCUT2D eigenvalue weighted by molar-refractivity contribution is 5.88. The van der Waals surface area contributed by atoms with E-state index in [4.69, 9.17) is 4.74 Å². The van der Waals surface area contributed by atoms with Gasteiger partial charge in [0.05, 0.1) is 13.0 Å². The lowest BCUT2D eigenvalue weighted by Crippen LogP contribution is -2.29. The number of ether oxygens (including phenoxy) is 1. The van der Waals surface area contributed by atoms with Crippen LogP contribution in [-0.2, 0) is 21.4 Å². The van der Waals surface area contributed by atoms with Crippen molar-refractivity contribution in [2.24, 2.45) is 0 Å². The standard InChI is InChI=1S/C22H28N2O3/c1-16(25)24-19-9-5-17(6-10-19)15-21(26)23-13-14-27-20-11-7-18(8-12-20)22(2,3)4/h5-12H,13-15H2,1-4H3,(H,23,26)(H,24,25). The first kappa shape index (κ1) is 20.5. The van der Waals surface area contributed by atoms with E-state index in [0.29, 0.717) is 19.6 Å². The second kappa shape index (κ2) is 9.21. The zero-order chi connectivity index (χ0) is 19.9. The van der Waals surface area contributed by atoms with E-state index in [2.05, 4.69) is 43.5 Å². The van der Waals surface area contributed by atoms with Crippen LogP contribution in [0.2, 0.25) is 0 Å². The van der Waals surface area contributed by atoms with Crippen LogP contribution < -0.4 is 15.4 Å². The molecule has 5 heteroatoms. The predicted molar refractivity (Wildman–Crippen MR) is 108 cm³/mol. The molecule has 2 aromatic carbocycles. The number of rotatable bonds is 7. The summed E-state index contributed by atoms with van der Waals surface area (Å²) in [5, 5.41) is 5.55. The zero-order valence-electron chi connectivity index (χ0n) is 16.5. The third-order valence-corrected chi connectivity index (χ3v) is 4.05. The summed E-state index contributed by atoms with van der Waals surface area (Å²) < 4.78 is 5.67. The highest BCUT2D eigenvalue weighted by Crippen LogP contribution is 2.24. The number of anilines is 1. The van der Waals surface area contributed by atoms with Gasteiger partial charge in [-0.2, -0.15) is 0 Å². The minimum Gasteiger partial charge on any atom is -0.492 e. The van der Waals surface area contributed by atoms with Gasteiger partial charge in [0.1, 0.15) is 12.4 Å². The molecule has 2 rings (SSSR count). The van der Waals surface area contributed by atoms with E-state index in [1.807, 2.05) is 24.3 Å². The zero-order valence-corrected chi connectivity index (χ0v) is 16.5. The Labute approximate surface area is 161 Å². The van der Waals surface area contributed by atoms with E-state index in [9.17, 15) is 9.59 Å². The molecule has 0 aliphatic carbocycles. The number of nitrogens with one attached hydrogen (secondary N) is 2. The molecule has 0 heterocycles. The second-order valence-corrected chi connectivity index (χ2v) is 7.53. The number of benzene rings is 2. The van der Waals surface area contributed by atoms with E-state index in [1.54, 1.807) is 12.1 Å². The van der Waals surface area contributed by atoms with Crippen molar-refractivity contribution in [1.82, 2.24) is 5.32 Å². The van der Waals surface area contributed by atoms with Gasteiger partial charge in [-0.05, 0) is 40.8 Å². The highest BCUT2D eigenvalue weighted by Gasteiger charge is 2.12. The molecule has 0 saturated carbocycles. The molecule has 0 spiro atoms.